The van der Waals surface area contributed by atoms with Gasteiger partial charge in [0.25, 0.3) is 0 Å². The van der Waals surface area contributed by atoms with Gasteiger partial charge < -0.3 is 10.6 Å². The van der Waals surface area contributed by atoms with Crippen LogP contribution in [0.15, 0.2) is 12.4 Å². The van der Waals surface area contributed by atoms with Gasteiger partial charge in [-0.25, -0.2) is 9.97 Å². The minimum absolute atomic E-state index is 0.282. The summed E-state index contributed by atoms with van der Waals surface area (Å²) in [6.07, 6.45) is 3.84. The molecule has 2 rings (SSSR count). The molecule has 1 fully saturated rings. The van der Waals surface area contributed by atoms with Gasteiger partial charge in [-0.15, -0.1) is 0 Å². The Bertz CT molecular complexity index is 425. The van der Waals surface area contributed by atoms with Crippen LogP contribution in [0.5, 0.6) is 0 Å². The summed E-state index contributed by atoms with van der Waals surface area (Å²) >= 11 is 5.95. The van der Waals surface area contributed by atoms with Crippen molar-refractivity contribution in [3.05, 3.63) is 17.5 Å². The van der Waals surface area contributed by atoms with Gasteiger partial charge in [0.2, 0.25) is 5.91 Å². The molecule has 2 heterocycles. The molecule has 0 spiro atoms. The Kier molecular flexibility index (Phi) is 2.71. The standard InChI is InChI=1S/C10H13ClN4O/c1-10(9(12)16)2-5-15(6-10)8-7(11)13-3-4-14-8/h3-4H,2,5-6H2,1H3,(H2,12,16). The van der Waals surface area contributed by atoms with Gasteiger partial charge in [-0.2, -0.15) is 0 Å². The number of amides is 1. The summed E-state index contributed by atoms with van der Waals surface area (Å²) in [6, 6.07) is 0. The van der Waals surface area contributed by atoms with Crippen LogP contribution in [0, 0.1) is 5.41 Å². The van der Waals surface area contributed by atoms with Crippen molar-refractivity contribution >= 4 is 23.3 Å². The molecule has 0 bridgehead atoms. The van der Waals surface area contributed by atoms with Crippen LogP contribution in [0.3, 0.4) is 0 Å². The number of nitrogens with zero attached hydrogens (tertiary/aromatic N) is 3. The first-order valence-electron chi connectivity index (χ1n) is 5.04. The zero-order chi connectivity index (χ0) is 11.8. The zero-order valence-electron chi connectivity index (χ0n) is 8.98. The highest BCUT2D eigenvalue weighted by atomic mass is 35.5. The second kappa shape index (κ2) is 3.90. The molecule has 1 aliphatic rings. The van der Waals surface area contributed by atoms with Crippen molar-refractivity contribution in [2.75, 3.05) is 18.0 Å². The van der Waals surface area contributed by atoms with Crippen molar-refractivity contribution < 1.29 is 4.79 Å². The molecule has 1 saturated heterocycles. The number of hydrogen-bond donors (Lipinski definition) is 1. The molecule has 16 heavy (non-hydrogen) atoms. The van der Waals surface area contributed by atoms with E-state index in [1.165, 1.54) is 6.20 Å². The van der Waals surface area contributed by atoms with Crippen LogP contribution in [0.1, 0.15) is 13.3 Å². The number of aromatic nitrogens is 2. The van der Waals surface area contributed by atoms with E-state index in [-0.39, 0.29) is 5.91 Å². The van der Waals surface area contributed by atoms with E-state index < -0.39 is 5.41 Å². The fourth-order valence-corrected chi connectivity index (χ4v) is 2.09. The van der Waals surface area contributed by atoms with E-state index in [1.807, 2.05) is 11.8 Å². The molecule has 86 valence electrons. The van der Waals surface area contributed by atoms with Crippen molar-refractivity contribution in [2.45, 2.75) is 13.3 Å². The van der Waals surface area contributed by atoms with E-state index in [4.69, 9.17) is 17.3 Å². The van der Waals surface area contributed by atoms with Gasteiger partial charge in [0.1, 0.15) is 0 Å². The molecule has 1 aromatic rings. The Morgan fingerprint density at radius 3 is 2.81 bits per heavy atom. The third-order valence-electron chi connectivity index (χ3n) is 3.00. The molecule has 1 aliphatic heterocycles. The van der Waals surface area contributed by atoms with Gasteiger partial charge >= 0.3 is 0 Å². The first-order chi connectivity index (χ1) is 7.53. The molecular formula is C10H13ClN4O. The lowest BCUT2D eigenvalue weighted by Crippen LogP contribution is -2.37. The first kappa shape index (κ1) is 11.1. The van der Waals surface area contributed by atoms with E-state index >= 15 is 0 Å². The number of primary amides is 1. The molecule has 1 amide bonds. The Balaban J connectivity index is 2.22. The van der Waals surface area contributed by atoms with Gasteiger partial charge in [0.05, 0.1) is 5.41 Å². The molecule has 1 atom stereocenters. The average molecular weight is 241 g/mol. The van der Waals surface area contributed by atoms with Crippen LogP contribution in [0.4, 0.5) is 5.82 Å². The van der Waals surface area contributed by atoms with Crippen LogP contribution in [0.2, 0.25) is 5.15 Å². The van der Waals surface area contributed by atoms with E-state index in [0.29, 0.717) is 17.5 Å². The van der Waals surface area contributed by atoms with Gasteiger partial charge in [0, 0.05) is 25.5 Å². The predicted molar refractivity (Wildman–Crippen MR) is 61.2 cm³/mol. The molecule has 1 unspecified atom stereocenters. The van der Waals surface area contributed by atoms with Gasteiger partial charge in [-0.1, -0.05) is 11.6 Å². The summed E-state index contributed by atoms with van der Waals surface area (Å²) < 4.78 is 0. The summed E-state index contributed by atoms with van der Waals surface area (Å²) in [7, 11) is 0. The number of anilines is 1. The molecular weight excluding hydrogens is 228 g/mol. The number of hydrogen-bond acceptors (Lipinski definition) is 4. The average Bonchev–Trinajstić information content (AvgIpc) is 2.63. The Morgan fingerprint density at radius 1 is 1.56 bits per heavy atom. The second-order valence-corrected chi connectivity index (χ2v) is 4.63. The number of carbonyl (C=O) groups is 1. The lowest BCUT2D eigenvalue weighted by molar-refractivity contribution is -0.125. The van der Waals surface area contributed by atoms with Crippen LogP contribution >= 0.6 is 11.6 Å². The SMILES string of the molecule is CC1(C(N)=O)CCN(c2nccnc2Cl)C1. The number of rotatable bonds is 2. The number of halogens is 1. The van der Waals surface area contributed by atoms with Crippen molar-refractivity contribution in [3.63, 3.8) is 0 Å². The van der Waals surface area contributed by atoms with E-state index in [2.05, 4.69) is 9.97 Å². The topological polar surface area (TPSA) is 72.1 Å². The Morgan fingerprint density at radius 2 is 2.25 bits per heavy atom. The summed E-state index contributed by atoms with van der Waals surface area (Å²) in [6.45, 7) is 3.12. The van der Waals surface area contributed by atoms with E-state index in [1.54, 1.807) is 6.20 Å². The molecule has 6 heteroatoms. The maximum atomic E-state index is 11.3. The monoisotopic (exact) mass is 240 g/mol. The van der Waals surface area contributed by atoms with Crippen molar-refractivity contribution in [2.24, 2.45) is 11.1 Å². The summed E-state index contributed by atoms with van der Waals surface area (Å²) in [4.78, 5) is 21.4. The van der Waals surface area contributed by atoms with Crippen molar-refractivity contribution in [1.82, 2.24) is 9.97 Å². The maximum Gasteiger partial charge on any atom is 0.225 e. The van der Waals surface area contributed by atoms with Crippen molar-refractivity contribution in [3.8, 4) is 0 Å². The molecule has 0 aromatic carbocycles. The normalized spacial score (nSPS) is 24.8. The number of nitrogens with two attached hydrogens (primary N) is 1. The molecule has 5 nitrogen and oxygen atoms in total. The lowest BCUT2D eigenvalue weighted by Gasteiger charge is -2.21. The Labute approximate surface area is 98.6 Å². The highest BCUT2D eigenvalue weighted by molar-refractivity contribution is 6.31. The summed E-state index contributed by atoms with van der Waals surface area (Å²) in [5, 5.41) is 0.358. The van der Waals surface area contributed by atoms with Gasteiger partial charge in [0.15, 0.2) is 11.0 Å². The summed E-state index contributed by atoms with van der Waals surface area (Å²) in [5.41, 5.74) is 4.88. The number of carbonyl (C=O) groups excluding carboxylic acids is 1. The minimum atomic E-state index is -0.499. The maximum absolute atomic E-state index is 11.3. The van der Waals surface area contributed by atoms with Crippen LogP contribution in [0.25, 0.3) is 0 Å². The summed E-state index contributed by atoms with van der Waals surface area (Å²) in [5.74, 6) is 0.337. The lowest BCUT2D eigenvalue weighted by atomic mass is 9.89. The zero-order valence-corrected chi connectivity index (χ0v) is 9.74. The third kappa shape index (κ3) is 1.82. The Hall–Kier alpha value is -1.36. The fraction of sp³-hybridized carbons (Fsp3) is 0.500. The second-order valence-electron chi connectivity index (χ2n) is 4.27. The van der Waals surface area contributed by atoms with Crippen LogP contribution < -0.4 is 10.6 Å². The minimum Gasteiger partial charge on any atom is -0.369 e. The largest absolute Gasteiger partial charge is 0.369 e. The van der Waals surface area contributed by atoms with Crippen LogP contribution in [-0.4, -0.2) is 29.0 Å². The first-order valence-corrected chi connectivity index (χ1v) is 5.42. The molecule has 0 saturated carbocycles. The highest BCUT2D eigenvalue weighted by Gasteiger charge is 2.39. The fourth-order valence-electron chi connectivity index (χ4n) is 1.87. The molecule has 0 aliphatic carbocycles. The molecule has 0 radical (unpaired) electrons. The van der Waals surface area contributed by atoms with Crippen LogP contribution in [-0.2, 0) is 4.79 Å². The van der Waals surface area contributed by atoms with E-state index in [0.717, 1.165) is 13.0 Å². The van der Waals surface area contributed by atoms with E-state index in [9.17, 15) is 4.79 Å². The van der Waals surface area contributed by atoms with Gasteiger partial charge in [-0.3, -0.25) is 4.79 Å². The van der Waals surface area contributed by atoms with Gasteiger partial charge in [-0.05, 0) is 13.3 Å². The smallest absolute Gasteiger partial charge is 0.225 e. The third-order valence-corrected chi connectivity index (χ3v) is 3.27. The van der Waals surface area contributed by atoms with Crippen molar-refractivity contribution in [1.29, 1.82) is 0 Å². The highest BCUT2D eigenvalue weighted by Crippen LogP contribution is 2.33. The molecule has 2 N–H and O–H groups in total. The quantitative estimate of drug-likeness (QED) is 0.831. The predicted octanol–water partition coefficient (Wildman–Crippen LogP) is 0.832. The molecule has 1 aromatic heterocycles.